The first kappa shape index (κ1) is 20.6. The average Bonchev–Trinajstić information content (AvgIpc) is 3.19. The van der Waals surface area contributed by atoms with E-state index in [1.54, 1.807) is 35.5 Å². The van der Waals surface area contributed by atoms with Crippen LogP contribution in [0.5, 0.6) is 5.75 Å². The van der Waals surface area contributed by atoms with Crippen molar-refractivity contribution in [3.8, 4) is 5.75 Å². The first-order valence-electron chi connectivity index (χ1n) is 9.25. The molecule has 5 nitrogen and oxygen atoms in total. The zero-order valence-corrected chi connectivity index (χ0v) is 18.3. The van der Waals surface area contributed by atoms with Crippen LogP contribution in [0.4, 0.5) is 5.13 Å². The van der Waals surface area contributed by atoms with Crippen LogP contribution < -0.4 is 9.64 Å². The first-order chi connectivity index (χ1) is 14.6. The van der Waals surface area contributed by atoms with Crippen molar-refractivity contribution >= 4 is 55.8 Å². The smallest absolute Gasteiger partial charge is 0.261 e. The normalized spacial score (nSPS) is 10.9. The fraction of sp³-hybridized carbons (Fsp3) is 0.136. The van der Waals surface area contributed by atoms with Crippen molar-refractivity contribution in [1.82, 2.24) is 9.97 Å². The number of nitrogens with zero attached hydrogens (tertiary/aromatic N) is 3. The lowest BCUT2D eigenvalue weighted by Gasteiger charge is -2.20. The van der Waals surface area contributed by atoms with Gasteiger partial charge in [0.2, 0.25) is 0 Å². The van der Waals surface area contributed by atoms with Crippen LogP contribution in [0.15, 0.2) is 60.9 Å². The van der Waals surface area contributed by atoms with E-state index in [0.717, 1.165) is 15.8 Å². The maximum absolute atomic E-state index is 13.5. The quantitative estimate of drug-likeness (QED) is 0.343. The van der Waals surface area contributed by atoms with Gasteiger partial charge in [0, 0.05) is 17.4 Å². The maximum Gasteiger partial charge on any atom is 0.261 e. The number of carbonyl (C=O) groups is 1. The number of fused-ring (bicyclic) bond motifs is 1. The lowest BCUT2D eigenvalue weighted by atomic mass is 10.2. The van der Waals surface area contributed by atoms with Crippen LogP contribution in [0.3, 0.4) is 0 Å². The molecule has 2 aromatic carbocycles. The van der Waals surface area contributed by atoms with Gasteiger partial charge in [-0.2, -0.15) is 0 Å². The summed E-state index contributed by atoms with van der Waals surface area (Å²) in [5.74, 6) is 0.399. The highest BCUT2D eigenvalue weighted by Gasteiger charge is 2.24. The Morgan fingerprint density at radius 3 is 2.80 bits per heavy atom. The third-order valence-corrected chi connectivity index (χ3v) is 5.98. The number of aromatic nitrogens is 2. The van der Waals surface area contributed by atoms with Gasteiger partial charge >= 0.3 is 0 Å². The Hall–Kier alpha value is -2.67. The molecule has 0 spiro atoms. The van der Waals surface area contributed by atoms with E-state index in [1.807, 2.05) is 37.3 Å². The standard InChI is InChI=1S/C22H17Cl2N3O2S/c1-2-29-18-6-3-7-19-20(18)26-22(30-19)27(13-14-5-4-10-25-12-14)21(28)16-11-15(23)8-9-17(16)24/h3-12H,2,13H2,1H3. The zero-order chi connectivity index (χ0) is 21.1. The molecule has 0 saturated carbocycles. The van der Waals surface area contributed by atoms with Gasteiger partial charge in [0.1, 0.15) is 11.3 Å². The summed E-state index contributed by atoms with van der Waals surface area (Å²) in [5.41, 5.74) is 1.91. The summed E-state index contributed by atoms with van der Waals surface area (Å²) in [7, 11) is 0. The third kappa shape index (κ3) is 4.26. The first-order valence-corrected chi connectivity index (χ1v) is 10.8. The Bertz CT molecular complexity index is 1200. The van der Waals surface area contributed by atoms with Gasteiger partial charge in [-0.25, -0.2) is 4.98 Å². The van der Waals surface area contributed by atoms with E-state index < -0.39 is 0 Å². The van der Waals surface area contributed by atoms with E-state index in [1.165, 1.54) is 11.3 Å². The average molecular weight is 458 g/mol. The molecule has 0 aliphatic carbocycles. The summed E-state index contributed by atoms with van der Waals surface area (Å²) in [4.78, 5) is 24.0. The predicted molar refractivity (Wildman–Crippen MR) is 122 cm³/mol. The Labute approximate surface area is 187 Å². The number of amides is 1. The van der Waals surface area contributed by atoms with Crippen molar-refractivity contribution in [2.75, 3.05) is 11.5 Å². The molecule has 152 valence electrons. The largest absolute Gasteiger partial charge is 0.492 e. The molecule has 4 rings (SSSR count). The third-order valence-electron chi connectivity index (χ3n) is 4.37. The van der Waals surface area contributed by atoms with E-state index in [4.69, 9.17) is 32.9 Å². The van der Waals surface area contributed by atoms with Crippen molar-refractivity contribution in [3.63, 3.8) is 0 Å². The van der Waals surface area contributed by atoms with E-state index in [-0.39, 0.29) is 5.91 Å². The number of hydrogen-bond donors (Lipinski definition) is 0. The van der Waals surface area contributed by atoms with Crippen LogP contribution in [0.1, 0.15) is 22.8 Å². The minimum absolute atomic E-state index is 0.289. The SMILES string of the molecule is CCOc1cccc2sc(N(Cc3cccnc3)C(=O)c3cc(Cl)ccc3Cl)nc12. The van der Waals surface area contributed by atoms with Crippen LogP contribution in [0.25, 0.3) is 10.2 Å². The molecule has 30 heavy (non-hydrogen) atoms. The summed E-state index contributed by atoms with van der Waals surface area (Å²) in [5, 5.41) is 1.31. The van der Waals surface area contributed by atoms with Crippen LogP contribution in [0.2, 0.25) is 10.0 Å². The molecule has 0 aliphatic heterocycles. The summed E-state index contributed by atoms with van der Waals surface area (Å²) >= 11 is 13.9. The molecule has 0 bridgehead atoms. The second-order valence-corrected chi connectivity index (χ2v) is 8.26. The Balaban J connectivity index is 1.81. The van der Waals surface area contributed by atoms with Gasteiger partial charge in [-0.3, -0.25) is 14.7 Å². The molecular formula is C22H17Cl2N3O2S. The molecule has 1 amide bonds. The van der Waals surface area contributed by atoms with Gasteiger partial charge in [0.05, 0.1) is 28.4 Å². The van der Waals surface area contributed by atoms with Crippen LogP contribution in [-0.2, 0) is 6.54 Å². The number of carbonyl (C=O) groups excluding carboxylic acids is 1. The number of para-hydroxylation sites is 1. The number of pyridine rings is 1. The number of hydrogen-bond acceptors (Lipinski definition) is 5. The Kier molecular flexibility index (Phi) is 6.18. The van der Waals surface area contributed by atoms with Crippen LogP contribution in [0, 0.1) is 0 Å². The van der Waals surface area contributed by atoms with Gasteiger partial charge < -0.3 is 4.74 Å². The van der Waals surface area contributed by atoms with Crippen molar-refractivity contribution in [2.24, 2.45) is 0 Å². The molecule has 2 aromatic heterocycles. The van der Waals surface area contributed by atoms with Gasteiger partial charge in [0.25, 0.3) is 5.91 Å². The minimum atomic E-state index is -0.289. The van der Waals surface area contributed by atoms with Crippen molar-refractivity contribution in [1.29, 1.82) is 0 Å². The van der Waals surface area contributed by atoms with Gasteiger partial charge in [-0.15, -0.1) is 0 Å². The van der Waals surface area contributed by atoms with Gasteiger partial charge in [-0.05, 0) is 48.9 Å². The number of halogens is 2. The second kappa shape index (κ2) is 9.00. The van der Waals surface area contributed by atoms with E-state index in [9.17, 15) is 4.79 Å². The fourth-order valence-corrected chi connectivity index (χ4v) is 4.36. The van der Waals surface area contributed by atoms with Crippen molar-refractivity contribution in [2.45, 2.75) is 13.5 Å². The number of ether oxygens (including phenoxy) is 1. The highest BCUT2D eigenvalue weighted by atomic mass is 35.5. The molecular weight excluding hydrogens is 441 g/mol. The summed E-state index contributed by atoms with van der Waals surface area (Å²) < 4.78 is 6.63. The van der Waals surface area contributed by atoms with Gasteiger partial charge in [0.15, 0.2) is 5.13 Å². The lowest BCUT2D eigenvalue weighted by Crippen LogP contribution is -2.30. The van der Waals surface area contributed by atoms with Gasteiger partial charge in [-0.1, -0.05) is 46.7 Å². The summed E-state index contributed by atoms with van der Waals surface area (Å²) in [6.07, 6.45) is 3.41. The molecule has 0 atom stereocenters. The highest BCUT2D eigenvalue weighted by molar-refractivity contribution is 7.22. The molecule has 8 heteroatoms. The molecule has 0 radical (unpaired) electrons. The molecule has 4 aromatic rings. The molecule has 0 aliphatic rings. The maximum atomic E-state index is 13.5. The number of rotatable bonds is 6. The molecule has 0 fully saturated rings. The Morgan fingerprint density at radius 2 is 2.03 bits per heavy atom. The van der Waals surface area contributed by atoms with Crippen molar-refractivity contribution in [3.05, 3.63) is 82.1 Å². The summed E-state index contributed by atoms with van der Waals surface area (Å²) in [6, 6.07) is 14.3. The number of anilines is 1. The van der Waals surface area contributed by atoms with Crippen LogP contribution in [-0.4, -0.2) is 22.5 Å². The molecule has 0 unspecified atom stereocenters. The summed E-state index contributed by atoms with van der Waals surface area (Å²) in [6.45, 7) is 2.74. The predicted octanol–water partition coefficient (Wildman–Crippen LogP) is 6.24. The van der Waals surface area contributed by atoms with E-state index >= 15 is 0 Å². The van der Waals surface area contributed by atoms with E-state index in [0.29, 0.717) is 39.6 Å². The zero-order valence-electron chi connectivity index (χ0n) is 16.0. The fourth-order valence-electron chi connectivity index (χ4n) is 3.01. The number of benzene rings is 2. The second-order valence-electron chi connectivity index (χ2n) is 6.41. The lowest BCUT2D eigenvalue weighted by molar-refractivity contribution is 0.0985. The molecule has 0 saturated heterocycles. The molecule has 2 heterocycles. The monoisotopic (exact) mass is 457 g/mol. The molecule has 0 N–H and O–H groups in total. The Morgan fingerprint density at radius 1 is 1.17 bits per heavy atom. The van der Waals surface area contributed by atoms with Crippen LogP contribution >= 0.6 is 34.5 Å². The topological polar surface area (TPSA) is 55.3 Å². The number of thiazole rings is 1. The van der Waals surface area contributed by atoms with E-state index in [2.05, 4.69) is 4.98 Å². The minimum Gasteiger partial charge on any atom is -0.492 e. The highest BCUT2D eigenvalue weighted by Crippen LogP contribution is 2.36. The van der Waals surface area contributed by atoms with Crippen molar-refractivity contribution < 1.29 is 9.53 Å².